The summed E-state index contributed by atoms with van der Waals surface area (Å²) >= 11 is 6.20. The second-order valence-electron chi connectivity index (χ2n) is 17.7. The van der Waals surface area contributed by atoms with Crippen molar-refractivity contribution in [2.45, 2.75) is 25.9 Å². The Bertz CT molecular complexity index is 3160. The fraction of sp³-hybridized carbons (Fsp3) is 0.340. The second-order valence-corrected chi connectivity index (χ2v) is 18.1. The van der Waals surface area contributed by atoms with E-state index in [1.807, 2.05) is 79.5 Å². The maximum Gasteiger partial charge on any atom is 0.327 e. The molecule has 18 nitrogen and oxygen atoms in total. The van der Waals surface area contributed by atoms with Crippen molar-refractivity contribution < 1.29 is 25.2 Å². The Balaban J connectivity index is 0.000000219. The zero-order valence-corrected chi connectivity index (χ0v) is 42.7. The van der Waals surface area contributed by atoms with Crippen molar-refractivity contribution in [3.63, 3.8) is 0 Å². The highest BCUT2D eigenvalue weighted by Gasteiger charge is 2.33. The molecule has 9 rings (SSSR count). The van der Waals surface area contributed by atoms with Gasteiger partial charge in [-0.2, -0.15) is 0 Å². The van der Waals surface area contributed by atoms with E-state index < -0.39 is 12.1 Å². The number of benzene rings is 5. The molecule has 72 heavy (non-hydrogen) atoms. The number of anilines is 3. The molecule has 2 aromatic heterocycles. The SMILES string of the molecule is COc1ccc(N(C(=O)Nc2cccc(Cl)c2)C(C)c2nc3ccccc3c(=O)n2N2CCN(C)CC2)c(OC)c1.COc1ccc(NC(C)c2nc3ccccc3c(=O)n2N2CCN(C)CC2)c(OC)c1.[2HH]. The Morgan fingerprint density at radius 1 is 0.625 bits per heavy atom. The molecule has 2 aliphatic rings. The molecule has 2 N–H and O–H groups in total. The van der Waals surface area contributed by atoms with Gasteiger partial charge in [-0.3, -0.25) is 14.5 Å². The standard InChI is InChI=1S/C30H33ClN6O4.C23H29N5O3.H2/c1-20(28-33-25-11-6-5-10-24(25)29(38)37(28)35-16-14-34(2)15-17-35)36(26-13-12-23(40-3)19-27(26)41-4)30(39)32-22-9-7-8-21(31)18-22;1-16(24-20-10-9-17(30-3)15-21(20)31-4)22-25-19-8-6-5-7-18(19)23(29)28(22)27-13-11-26(2)12-14-27;/h5-13,18-20H,14-17H2,1-4H3,(H,32,39);5-10,15-16,24H,11-14H2,1-4H3;1H/i;;1+1. The van der Waals surface area contributed by atoms with Crippen LogP contribution in [0.2, 0.25) is 5.02 Å². The van der Waals surface area contributed by atoms with Crippen LogP contribution < -0.4 is 55.6 Å². The minimum Gasteiger partial charge on any atom is -0.497 e. The molecule has 380 valence electrons. The predicted octanol–water partition coefficient (Wildman–Crippen LogP) is 7.47. The van der Waals surface area contributed by atoms with Gasteiger partial charge in [0.05, 0.1) is 73.7 Å². The molecule has 19 heteroatoms. The number of methoxy groups -OCH3 is 4. The molecule has 2 aliphatic heterocycles. The molecule has 7 aromatic rings. The zero-order chi connectivity index (χ0) is 51.1. The number of piperazine rings is 2. The average molecular weight is 1000 g/mol. The van der Waals surface area contributed by atoms with Gasteiger partial charge in [0.2, 0.25) is 0 Å². The highest BCUT2D eigenvalue weighted by molar-refractivity contribution is 6.31. The van der Waals surface area contributed by atoms with Crippen LogP contribution in [0.3, 0.4) is 0 Å². The fourth-order valence-corrected chi connectivity index (χ4v) is 9.12. The molecule has 0 saturated carbocycles. The number of nitrogens with zero attached hydrogens (tertiary/aromatic N) is 9. The van der Waals surface area contributed by atoms with Gasteiger partial charge in [-0.15, -0.1) is 0 Å². The van der Waals surface area contributed by atoms with Gasteiger partial charge in [-0.25, -0.2) is 24.1 Å². The van der Waals surface area contributed by atoms with Gasteiger partial charge in [0.25, 0.3) is 11.1 Å². The van der Waals surface area contributed by atoms with Crippen molar-refractivity contribution in [1.29, 1.82) is 0 Å². The lowest BCUT2D eigenvalue weighted by atomic mass is 10.1. The summed E-state index contributed by atoms with van der Waals surface area (Å²) in [5.74, 6) is 3.48. The fourth-order valence-electron chi connectivity index (χ4n) is 8.93. The highest BCUT2D eigenvalue weighted by atomic mass is 35.5. The van der Waals surface area contributed by atoms with E-state index >= 15 is 0 Å². The number of amides is 2. The van der Waals surface area contributed by atoms with Crippen LogP contribution in [0, 0.1) is 0 Å². The molecule has 0 aliphatic carbocycles. The monoisotopic (exact) mass is 1000 g/mol. The highest BCUT2D eigenvalue weighted by Crippen LogP contribution is 2.38. The number of aromatic nitrogens is 4. The van der Waals surface area contributed by atoms with Crippen molar-refractivity contribution in [2.75, 3.05) is 120 Å². The summed E-state index contributed by atoms with van der Waals surface area (Å²) in [5.41, 5.74) is 2.84. The maximum atomic E-state index is 14.1. The van der Waals surface area contributed by atoms with Gasteiger partial charge in [0, 0.05) is 76.6 Å². The number of likely N-dealkylation sites (N-methyl/N-ethyl adjacent to an activating group) is 2. The van der Waals surface area contributed by atoms with Gasteiger partial charge in [-0.05, 0) is 94.7 Å². The average Bonchev–Trinajstić information content (AvgIpc) is 3.39. The van der Waals surface area contributed by atoms with E-state index in [0.717, 1.165) is 45.0 Å². The van der Waals surface area contributed by atoms with E-state index in [-0.39, 0.29) is 18.6 Å². The molecule has 2 atom stereocenters. The third-order valence-electron chi connectivity index (χ3n) is 13.0. The summed E-state index contributed by atoms with van der Waals surface area (Å²) in [6, 6.07) is 31.1. The summed E-state index contributed by atoms with van der Waals surface area (Å²) in [6.45, 7) is 10.0. The largest absolute Gasteiger partial charge is 0.497 e. The molecule has 2 saturated heterocycles. The lowest BCUT2D eigenvalue weighted by molar-refractivity contribution is 0.253. The van der Waals surface area contributed by atoms with Crippen molar-refractivity contribution >= 4 is 56.5 Å². The third kappa shape index (κ3) is 11.0. The summed E-state index contributed by atoms with van der Waals surface area (Å²) in [7, 11) is 10.5. The van der Waals surface area contributed by atoms with Gasteiger partial charge in [0.15, 0.2) is 11.6 Å². The first-order chi connectivity index (χ1) is 34.8. The molecular weight excluding hydrogens is 938 g/mol. The van der Waals surface area contributed by atoms with E-state index in [1.54, 1.807) is 84.1 Å². The van der Waals surface area contributed by atoms with E-state index in [9.17, 15) is 14.4 Å². The number of ether oxygens (including phenoxy) is 4. The van der Waals surface area contributed by atoms with Crippen molar-refractivity contribution in [2.24, 2.45) is 0 Å². The smallest absolute Gasteiger partial charge is 0.327 e. The third-order valence-corrected chi connectivity index (χ3v) is 13.2. The molecule has 0 spiro atoms. The first kappa shape index (κ1) is 50.8. The summed E-state index contributed by atoms with van der Waals surface area (Å²) in [4.78, 5) is 57.5. The predicted molar refractivity (Wildman–Crippen MR) is 288 cm³/mol. The van der Waals surface area contributed by atoms with E-state index in [0.29, 0.717) is 85.9 Å². The van der Waals surface area contributed by atoms with Crippen LogP contribution in [0.4, 0.5) is 21.9 Å². The Labute approximate surface area is 425 Å². The van der Waals surface area contributed by atoms with Gasteiger partial charge in [-0.1, -0.05) is 41.9 Å². The van der Waals surface area contributed by atoms with Crippen LogP contribution in [0.25, 0.3) is 21.8 Å². The van der Waals surface area contributed by atoms with Gasteiger partial charge >= 0.3 is 6.03 Å². The zero-order valence-electron chi connectivity index (χ0n) is 42.0. The minimum absolute atomic E-state index is 0. The van der Waals surface area contributed by atoms with Crippen molar-refractivity contribution in [3.8, 4) is 23.0 Å². The first-order valence-electron chi connectivity index (χ1n) is 23.8. The molecule has 4 heterocycles. The van der Waals surface area contributed by atoms with Gasteiger partial charge < -0.3 is 49.4 Å². The Morgan fingerprint density at radius 2 is 1.14 bits per heavy atom. The first-order valence-corrected chi connectivity index (χ1v) is 24.2. The van der Waals surface area contributed by atoms with E-state index in [2.05, 4.69) is 39.5 Å². The summed E-state index contributed by atoms with van der Waals surface area (Å²) in [6.07, 6.45) is 0. The molecule has 2 unspecified atom stereocenters. The topological polar surface area (TPSA) is 164 Å². The van der Waals surface area contributed by atoms with Gasteiger partial charge in [0.1, 0.15) is 23.0 Å². The van der Waals surface area contributed by atoms with E-state index in [1.165, 1.54) is 7.11 Å². The number of hydrogen-bond acceptors (Lipinski definition) is 14. The molecule has 5 aromatic carbocycles. The summed E-state index contributed by atoms with van der Waals surface area (Å²) < 4.78 is 25.3. The number of carbonyl (C=O) groups is 1. The normalized spacial score (nSPS) is 15.0. The number of fused-ring (bicyclic) bond motifs is 2. The molecule has 2 fully saturated rings. The Kier molecular flexibility index (Phi) is 16.0. The second kappa shape index (κ2) is 22.7. The lowest BCUT2D eigenvalue weighted by Gasteiger charge is -2.38. The Morgan fingerprint density at radius 3 is 1.68 bits per heavy atom. The Hall–Kier alpha value is -7.54. The number of carbonyl (C=O) groups excluding carboxylic acids is 1. The molecule has 0 bridgehead atoms. The number of rotatable bonds is 13. The van der Waals surface area contributed by atoms with Crippen molar-refractivity contribution in [1.82, 2.24) is 29.1 Å². The molecule has 0 radical (unpaired) electrons. The number of para-hydroxylation sites is 2. The number of urea groups is 1. The van der Waals surface area contributed by atoms with Crippen LogP contribution in [-0.2, 0) is 0 Å². The summed E-state index contributed by atoms with van der Waals surface area (Å²) in [5, 5.41) is 12.1. The van der Waals surface area contributed by atoms with Crippen LogP contribution in [0.1, 0.15) is 39.0 Å². The van der Waals surface area contributed by atoms with E-state index in [4.69, 9.17) is 40.5 Å². The number of hydrogen-bond donors (Lipinski definition) is 2. The van der Waals surface area contributed by atoms with Crippen LogP contribution in [0.5, 0.6) is 23.0 Å². The van der Waals surface area contributed by atoms with Crippen LogP contribution in [0.15, 0.2) is 119 Å². The molecular formula is C53H64ClN11O7. The van der Waals surface area contributed by atoms with Crippen LogP contribution in [-0.4, -0.2) is 130 Å². The minimum atomic E-state index is -0.701. The van der Waals surface area contributed by atoms with Crippen molar-refractivity contribution in [3.05, 3.63) is 147 Å². The lowest BCUT2D eigenvalue weighted by Crippen LogP contribution is -2.55. The van der Waals surface area contributed by atoms with Crippen LogP contribution >= 0.6 is 11.6 Å². The number of halogens is 1. The quantitative estimate of drug-likeness (QED) is 0.117. The number of nitrogens with one attached hydrogen (secondary N) is 2. The maximum absolute atomic E-state index is 14.1. The molecule has 2 amide bonds.